The molecule has 2 nitrogen and oxygen atoms in total. The predicted octanol–water partition coefficient (Wildman–Crippen LogP) is 3.41. The lowest BCUT2D eigenvalue weighted by Gasteiger charge is -2.27. The number of aliphatic hydroxyl groups is 1. The molecule has 0 aliphatic rings. The fraction of sp³-hybridized carbons (Fsp3) is 0.600. The van der Waals surface area contributed by atoms with Crippen LogP contribution >= 0.6 is 0 Å². The van der Waals surface area contributed by atoms with Gasteiger partial charge in [0.15, 0.2) is 0 Å². The summed E-state index contributed by atoms with van der Waals surface area (Å²) in [7, 11) is 0. The molecule has 0 heterocycles. The monoisotopic (exact) mass is 271 g/mol. The lowest BCUT2D eigenvalue weighted by Crippen LogP contribution is -2.31. The molecule has 2 N–H and O–H groups in total. The third kappa shape index (κ3) is 5.66. The van der Waals surface area contributed by atoms with Crippen molar-refractivity contribution in [3.63, 3.8) is 0 Å². The van der Waals surface area contributed by atoms with E-state index in [-0.39, 0.29) is 18.1 Å². The summed E-state index contributed by atoms with van der Waals surface area (Å²) in [6.07, 6.45) is 1.67. The van der Waals surface area contributed by atoms with Gasteiger partial charge in [-0.2, -0.15) is 0 Å². The van der Waals surface area contributed by atoms with Crippen LogP contribution in [0.1, 0.15) is 45.2 Å². The summed E-state index contributed by atoms with van der Waals surface area (Å²) in [5.41, 5.74) is 0.651. The number of hydrogen-bond acceptors (Lipinski definition) is 2. The van der Waals surface area contributed by atoms with Gasteiger partial charge in [0.25, 0.3) is 0 Å². The predicted molar refractivity (Wildman–Crippen MR) is 72.9 cm³/mol. The summed E-state index contributed by atoms with van der Waals surface area (Å²) < 4.78 is 26.3. The summed E-state index contributed by atoms with van der Waals surface area (Å²) in [6.45, 7) is 7.01. The van der Waals surface area contributed by atoms with Gasteiger partial charge in [-0.15, -0.1) is 0 Å². The van der Waals surface area contributed by atoms with Crippen molar-refractivity contribution in [2.75, 3.05) is 13.2 Å². The maximum absolute atomic E-state index is 13.1. The van der Waals surface area contributed by atoms with Gasteiger partial charge in [0.2, 0.25) is 0 Å². The molecule has 1 atom stereocenters. The van der Waals surface area contributed by atoms with Crippen LogP contribution in [0.4, 0.5) is 8.78 Å². The molecule has 0 aliphatic heterocycles. The second-order valence-electron chi connectivity index (χ2n) is 5.80. The lowest BCUT2D eigenvalue weighted by molar-refractivity contribution is 0.233. The van der Waals surface area contributed by atoms with Gasteiger partial charge in [-0.1, -0.05) is 13.8 Å². The Morgan fingerprint density at radius 3 is 2.32 bits per heavy atom. The minimum Gasteiger partial charge on any atom is -0.396 e. The first-order valence-corrected chi connectivity index (χ1v) is 6.64. The van der Waals surface area contributed by atoms with Crippen LogP contribution in [0, 0.1) is 17.0 Å². The molecule has 0 amide bonds. The molecule has 0 spiro atoms. The molecule has 0 saturated heterocycles. The molecule has 0 aromatic heterocycles. The zero-order valence-corrected chi connectivity index (χ0v) is 11.8. The van der Waals surface area contributed by atoms with Crippen molar-refractivity contribution >= 4 is 0 Å². The van der Waals surface area contributed by atoms with E-state index in [9.17, 15) is 8.78 Å². The SMILES string of the molecule is CC(NCC(C)(C)CCCO)c1cc(F)cc(F)c1. The highest BCUT2D eigenvalue weighted by molar-refractivity contribution is 5.20. The Morgan fingerprint density at radius 2 is 1.79 bits per heavy atom. The van der Waals surface area contributed by atoms with Crippen LogP contribution in [0.25, 0.3) is 0 Å². The third-order valence-corrected chi connectivity index (χ3v) is 3.28. The van der Waals surface area contributed by atoms with E-state index in [1.165, 1.54) is 12.1 Å². The molecule has 0 radical (unpaired) electrons. The molecule has 1 rings (SSSR count). The first kappa shape index (κ1) is 16.1. The maximum atomic E-state index is 13.1. The molecule has 0 bridgehead atoms. The first-order valence-electron chi connectivity index (χ1n) is 6.64. The Balaban J connectivity index is 2.57. The average molecular weight is 271 g/mol. The fourth-order valence-electron chi connectivity index (χ4n) is 2.02. The van der Waals surface area contributed by atoms with Crippen molar-refractivity contribution in [2.24, 2.45) is 5.41 Å². The molecule has 0 fully saturated rings. The van der Waals surface area contributed by atoms with Gasteiger partial charge < -0.3 is 10.4 Å². The van der Waals surface area contributed by atoms with Crippen molar-refractivity contribution in [3.8, 4) is 0 Å². The topological polar surface area (TPSA) is 32.3 Å². The van der Waals surface area contributed by atoms with Gasteiger partial charge in [-0.05, 0) is 42.9 Å². The van der Waals surface area contributed by atoms with E-state index in [2.05, 4.69) is 19.2 Å². The van der Waals surface area contributed by atoms with Gasteiger partial charge in [-0.3, -0.25) is 0 Å². The van der Waals surface area contributed by atoms with E-state index >= 15 is 0 Å². The van der Waals surface area contributed by atoms with Gasteiger partial charge in [0.1, 0.15) is 11.6 Å². The van der Waals surface area contributed by atoms with E-state index in [1.54, 1.807) is 0 Å². The number of rotatable bonds is 7. The van der Waals surface area contributed by atoms with Gasteiger partial charge in [-0.25, -0.2) is 8.78 Å². The van der Waals surface area contributed by atoms with Gasteiger partial charge in [0, 0.05) is 25.3 Å². The number of halogens is 2. The number of aliphatic hydroxyl groups excluding tert-OH is 1. The third-order valence-electron chi connectivity index (χ3n) is 3.28. The highest BCUT2D eigenvalue weighted by Gasteiger charge is 2.18. The molecule has 0 aliphatic carbocycles. The largest absolute Gasteiger partial charge is 0.396 e. The Morgan fingerprint density at radius 1 is 1.21 bits per heavy atom. The number of nitrogens with one attached hydrogen (secondary N) is 1. The molecular formula is C15H23F2NO. The smallest absolute Gasteiger partial charge is 0.126 e. The minimum atomic E-state index is -0.553. The van der Waals surface area contributed by atoms with Crippen molar-refractivity contribution in [3.05, 3.63) is 35.4 Å². The van der Waals surface area contributed by atoms with Crippen LogP contribution in [-0.2, 0) is 0 Å². The highest BCUT2D eigenvalue weighted by atomic mass is 19.1. The Bertz CT molecular complexity index is 387. The normalized spacial score (nSPS) is 13.6. The van der Waals surface area contributed by atoms with E-state index in [4.69, 9.17) is 5.11 Å². The summed E-state index contributed by atoms with van der Waals surface area (Å²) in [5.74, 6) is -1.11. The quantitative estimate of drug-likeness (QED) is 0.796. The van der Waals surface area contributed by atoms with Gasteiger partial charge in [0.05, 0.1) is 0 Å². The summed E-state index contributed by atoms with van der Waals surface area (Å²) >= 11 is 0. The van der Waals surface area contributed by atoms with Crippen LogP contribution in [-0.4, -0.2) is 18.3 Å². The second kappa shape index (κ2) is 6.96. The summed E-state index contributed by atoms with van der Waals surface area (Å²) in [6, 6.07) is 3.46. The summed E-state index contributed by atoms with van der Waals surface area (Å²) in [4.78, 5) is 0. The molecule has 1 aromatic rings. The first-order chi connectivity index (χ1) is 8.84. The van der Waals surface area contributed by atoms with Gasteiger partial charge >= 0.3 is 0 Å². The van der Waals surface area contributed by atoms with Crippen LogP contribution in [0.3, 0.4) is 0 Å². The Kier molecular flexibility index (Phi) is 5.88. The fourth-order valence-corrected chi connectivity index (χ4v) is 2.02. The Labute approximate surface area is 113 Å². The summed E-state index contributed by atoms with van der Waals surface area (Å²) in [5, 5.41) is 12.1. The maximum Gasteiger partial charge on any atom is 0.126 e. The van der Waals surface area contributed by atoms with Crippen molar-refractivity contribution in [1.29, 1.82) is 0 Å². The standard InChI is InChI=1S/C15H23F2NO/c1-11(12-7-13(16)9-14(17)8-12)18-10-15(2,3)5-4-6-19/h7-9,11,18-19H,4-6,10H2,1-3H3. The van der Waals surface area contributed by atoms with Crippen molar-refractivity contribution < 1.29 is 13.9 Å². The average Bonchev–Trinajstić information content (AvgIpc) is 2.32. The minimum absolute atomic E-state index is 0.0445. The van der Waals surface area contributed by atoms with Crippen LogP contribution < -0.4 is 5.32 Å². The van der Waals surface area contributed by atoms with Crippen molar-refractivity contribution in [1.82, 2.24) is 5.32 Å². The molecule has 4 heteroatoms. The molecule has 1 aromatic carbocycles. The molecular weight excluding hydrogens is 248 g/mol. The molecule has 1 unspecified atom stereocenters. The van der Waals surface area contributed by atoms with E-state index < -0.39 is 11.6 Å². The molecule has 19 heavy (non-hydrogen) atoms. The molecule has 0 saturated carbocycles. The van der Waals surface area contributed by atoms with E-state index in [1.807, 2.05) is 6.92 Å². The number of hydrogen-bond donors (Lipinski definition) is 2. The van der Waals surface area contributed by atoms with Crippen LogP contribution in [0.5, 0.6) is 0 Å². The second-order valence-corrected chi connectivity index (χ2v) is 5.80. The van der Waals surface area contributed by atoms with E-state index in [0.29, 0.717) is 5.56 Å². The zero-order valence-electron chi connectivity index (χ0n) is 11.8. The number of benzene rings is 1. The zero-order chi connectivity index (χ0) is 14.5. The van der Waals surface area contributed by atoms with Crippen molar-refractivity contribution in [2.45, 2.75) is 39.7 Å². The van der Waals surface area contributed by atoms with Crippen LogP contribution in [0.2, 0.25) is 0 Å². The van der Waals surface area contributed by atoms with E-state index in [0.717, 1.165) is 25.5 Å². The highest BCUT2D eigenvalue weighted by Crippen LogP contribution is 2.23. The molecule has 108 valence electrons. The lowest BCUT2D eigenvalue weighted by atomic mass is 9.87. The van der Waals surface area contributed by atoms with Crippen LogP contribution in [0.15, 0.2) is 18.2 Å². The Hall–Kier alpha value is -1.00.